The Morgan fingerprint density at radius 3 is 2.64 bits per heavy atom. The first-order valence-electron chi connectivity index (χ1n) is 4.06. The first kappa shape index (κ1) is 8.12. The van der Waals surface area contributed by atoms with Gasteiger partial charge in [0.25, 0.3) is 0 Å². The number of rotatable bonds is 3. The maximum Gasteiger partial charge on any atom is 0.0393 e. The second kappa shape index (κ2) is 3.42. The lowest BCUT2D eigenvalue weighted by Crippen LogP contribution is -2.17. The van der Waals surface area contributed by atoms with Gasteiger partial charge in [-0.15, -0.1) is 0 Å². The number of hydrogen-bond donors (Lipinski definition) is 0. The van der Waals surface area contributed by atoms with Crippen LogP contribution in [0, 0.1) is 0 Å². The summed E-state index contributed by atoms with van der Waals surface area (Å²) in [5, 5.41) is 0. The van der Waals surface area contributed by atoms with Crippen LogP contribution in [0.25, 0.3) is 0 Å². The quantitative estimate of drug-likeness (QED) is 0.595. The lowest BCUT2D eigenvalue weighted by atomic mass is 10.2. The van der Waals surface area contributed by atoms with Crippen molar-refractivity contribution < 1.29 is 0 Å². The molecule has 0 fully saturated rings. The molecular weight excluding hydrogens is 134 g/mol. The largest absolute Gasteiger partial charge is 0.371 e. The normalized spacial score (nSPS) is 17.4. The zero-order valence-electron chi connectivity index (χ0n) is 7.14. The van der Waals surface area contributed by atoms with Crippen molar-refractivity contribution in [3.63, 3.8) is 0 Å². The minimum atomic E-state index is 1.07. The number of allylic oxidation sites excluding steroid dienone is 2. The molecule has 0 saturated carbocycles. The van der Waals surface area contributed by atoms with E-state index < -0.39 is 0 Å². The number of hydrogen-bond acceptors (Lipinski definition) is 1. The van der Waals surface area contributed by atoms with Gasteiger partial charge < -0.3 is 4.90 Å². The zero-order chi connectivity index (χ0) is 8.27. The van der Waals surface area contributed by atoms with Crippen molar-refractivity contribution in [2.75, 3.05) is 13.1 Å². The van der Waals surface area contributed by atoms with Crippen LogP contribution in [-0.4, -0.2) is 18.0 Å². The second-order valence-corrected chi connectivity index (χ2v) is 2.65. The highest BCUT2D eigenvalue weighted by molar-refractivity contribution is 5.34. The molecule has 0 aromatic carbocycles. The van der Waals surface area contributed by atoms with Crippen LogP contribution in [-0.2, 0) is 0 Å². The average Bonchev–Trinajstić information content (AvgIpc) is 2.45. The smallest absolute Gasteiger partial charge is 0.0393 e. The van der Waals surface area contributed by atoms with Crippen LogP contribution in [0.5, 0.6) is 0 Å². The summed E-state index contributed by atoms with van der Waals surface area (Å²) in [4.78, 5) is 2.32. The molecule has 1 aliphatic rings. The van der Waals surface area contributed by atoms with Crippen LogP contribution in [0.4, 0.5) is 0 Å². The third kappa shape index (κ3) is 1.37. The lowest BCUT2D eigenvalue weighted by Gasteiger charge is -2.17. The van der Waals surface area contributed by atoms with Crippen molar-refractivity contribution in [2.24, 2.45) is 0 Å². The maximum absolute atomic E-state index is 3.79. The molecule has 1 nitrogen and oxygen atoms in total. The topological polar surface area (TPSA) is 3.24 Å². The fourth-order valence-electron chi connectivity index (χ4n) is 1.50. The van der Waals surface area contributed by atoms with Crippen LogP contribution < -0.4 is 0 Å². The Kier molecular flexibility index (Phi) is 2.53. The summed E-state index contributed by atoms with van der Waals surface area (Å²) in [7, 11) is 0. The summed E-state index contributed by atoms with van der Waals surface area (Å²) in [6, 6.07) is 0. The van der Waals surface area contributed by atoms with E-state index in [2.05, 4.69) is 25.0 Å². The highest BCUT2D eigenvalue weighted by Gasteiger charge is 2.15. The molecule has 0 spiro atoms. The van der Waals surface area contributed by atoms with Crippen molar-refractivity contribution in [1.82, 2.24) is 4.90 Å². The van der Waals surface area contributed by atoms with Gasteiger partial charge in [-0.25, -0.2) is 0 Å². The summed E-state index contributed by atoms with van der Waals surface area (Å²) >= 11 is 0. The van der Waals surface area contributed by atoms with Gasteiger partial charge in [0.2, 0.25) is 0 Å². The maximum atomic E-state index is 3.79. The van der Waals surface area contributed by atoms with E-state index in [-0.39, 0.29) is 0 Å². The summed E-state index contributed by atoms with van der Waals surface area (Å²) < 4.78 is 0. The Morgan fingerprint density at radius 2 is 2.18 bits per heavy atom. The van der Waals surface area contributed by atoms with Crippen molar-refractivity contribution in [3.8, 4) is 0 Å². The van der Waals surface area contributed by atoms with E-state index in [1.807, 2.05) is 12.2 Å². The van der Waals surface area contributed by atoms with Crippen molar-refractivity contribution in [2.45, 2.75) is 13.3 Å². The fourth-order valence-corrected chi connectivity index (χ4v) is 1.50. The van der Waals surface area contributed by atoms with Gasteiger partial charge in [0, 0.05) is 18.8 Å². The minimum absolute atomic E-state index is 1.07. The molecule has 0 unspecified atom stereocenters. The molecule has 0 atom stereocenters. The van der Waals surface area contributed by atoms with E-state index in [9.17, 15) is 0 Å². The van der Waals surface area contributed by atoms with Crippen molar-refractivity contribution >= 4 is 0 Å². The van der Waals surface area contributed by atoms with E-state index in [0.717, 1.165) is 19.5 Å². The number of nitrogens with zero attached hydrogens (tertiary/aromatic N) is 1. The Bertz CT molecular complexity index is 201. The van der Waals surface area contributed by atoms with Gasteiger partial charge in [-0.3, -0.25) is 0 Å². The molecule has 1 heteroatoms. The molecule has 0 aliphatic carbocycles. The van der Waals surface area contributed by atoms with Gasteiger partial charge in [-0.1, -0.05) is 19.2 Å². The van der Waals surface area contributed by atoms with Crippen molar-refractivity contribution in [3.05, 3.63) is 36.6 Å². The first-order valence-corrected chi connectivity index (χ1v) is 4.06. The molecule has 0 saturated heterocycles. The molecule has 1 aliphatic heterocycles. The fraction of sp³-hybridized carbons (Fsp3) is 0.400. The molecular formula is C10H15N. The van der Waals surface area contributed by atoms with E-state index in [1.54, 1.807) is 0 Å². The lowest BCUT2D eigenvalue weighted by molar-refractivity contribution is 0.408. The molecule has 1 heterocycles. The Labute approximate surface area is 68.7 Å². The monoisotopic (exact) mass is 149 g/mol. The second-order valence-electron chi connectivity index (χ2n) is 2.65. The molecule has 0 bridgehead atoms. The zero-order valence-corrected chi connectivity index (χ0v) is 7.14. The first-order chi connectivity index (χ1) is 5.33. The molecule has 60 valence electrons. The van der Waals surface area contributed by atoms with Crippen LogP contribution in [0.2, 0.25) is 0 Å². The molecule has 0 radical (unpaired) electrons. The minimum Gasteiger partial charge on any atom is -0.371 e. The molecule has 0 aromatic heterocycles. The van der Waals surface area contributed by atoms with Gasteiger partial charge in [0.15, 0.2) is 0 Å². The van der Waals surface area contributed by atoms with Crippen LogP contribution >= 0.6 is 0 Å². The molecule has 0 amide bonds. The van der Waals surface area contributed by atoms with E-state index in [4.69, 9.17) is 0 Å². The Balaban J connectivity index is 2.86. The molecule has 1 rings (SSSR count). The van der Waals surface area contributed by atoms with Gasteiger partial charge in [-0.05, 0) is 25.0 Å². The third-order valence-corrected chi connectivity index (χ3v) is 2.14. The third-order valence-electron chi connectivity index (χ3n) is 2.14. The van der Waals surface area contributed by atoms with E-state index in [0.29, 0.717) is 0 Å². The Morgan fingerprint density at radius 1 is 1.45 bits per heavy atom. The molecule has 0 N–H and O–H groups in total. The molecule has 0 aromatic rings. The average molecular weight is 149 g/mol. The van der Waals surface area contributed by atoms with Crippen LogP contribution in [0.3, 0.4) is 0 Å². The predicted molar refractivity (Wildman–Crippen MR) is 49.3 cm³/mol. The highest BCUT2D eigenvalue weighted by atomic mass is 15.1. The summed E-state index contributed by atoms with van der Waals surface area (Å²) in [6.45, 7) is 11.9. The SMILES string of the molecule is C=CC1=C(C=C)N(CC)CC1. The van der Waals surface area contributed by atoms with Gasteiger partial charge >= 0.3 is 0 Å². The summed E-state index contributed by atoms with van der Waals surface area (Å²) in [5.74, 6) is 0. The van der Waals surface area contributed by atoms with E-state index in [1.165, 1.54) is 11.3 Å². The predicted octanol–water partition coefficient (Wildman–Crippen LogP) is 2.34. The van der Waals surface area contributed by atoms with Gasteiger partial charge in [-0.2, -0.15) is 0 Å². The molecule has 11 heavy (non-hydrogen) atoms. The van der Waals surface area contributed by atoms with Crippen LogP contribution in [0.15, 0.2) is 36.6 Å². The van der Waals surface area contributed by atoms with E-state index >= 15 is 0 Å². The summed E-state index contributed by atoms with van der Waals surface area (Å²) in [5.41, 5.74) is 2.60. The van der Waals surface area contributed by atoms with Crippen molar-refractivity contribution in [1.29, 1.82) is 0 Å². The summed E-state index contributed by atoms with van der Waals surface area (Å²) in [6.07, 6.45) is 4.98. The van der Waals surface area contributed by atoms with Crippen LogP contribution in [0.1, 0.15) is 13.3 Å². The number of likely N-dealkylation sites (N-methyl/N-ethyl adjacent to an activating group) is 1. The highest BCUT2D eigenvalue weighted by Crippen LogP contribution is 2.23. The standard InChI is InChI=1S/C10H15N/c1-4-9-7-8-11(6-3)10(9)5-2/h4-5H,1-2,6-8H2,3H3. The Hall–Kier alpha value is -0.980. The van der Waals surface area contributed by atoms with Gasteiger partial charge in [0.1, 0.15) is 0 Å². The van der Waals surface area contributed by atoms with Gasteiger partial charge in [0.05, 0.1) is 0 Å².